The van der Waals surface area contributed by atoms with E-state index >= 15 is 0 Å². The summed E-state index contributed by atoms with van der Waals surface area (Å²) in [5, 5.41) is 0. The molecule has 1 aliphatic heterocycles. The number of piperazine rings is 1. The van der Waals surface area contributed by atoms with Gasteiger partial charge in [-0.2, -0.15) is 0 Å². The molecular formula is C24H27F2N3O4S. The fraction of sp³-hybridized carbons (Fsp3) is 0.333. The van der Waals surface area contributed by atoms with E-state index in [0.29, 0.717) is 31.9 Å². The zero-order valence-electron chi connectivity index (χ0n) is 18.8. The highest BCUT2D eigenvalue weighted by molar-refractivity contribution is 7.89. The van der Waals surface area contributed by atoms with Crippen molar-refractivity contribution in [2.75, 3.05) is 44.2 Å². The summed E-state index contributed by atoms with van der Waals surface area (Å²) in [5.74, 6) is -0.367. The van der Waals surface area contributed by atoms with Gasteiger partial charge in [-0.1, -0.05) is 0 Å². The molecule has 34 heavy (non-hydrogen) atoms. The Morgan fingerprint density at radius 3 is 2.41 bits per heavy atom. The van der Waals surface area contributed by atoms with Crippen LogP contribution in [0, 0.1) is 11.6 Å². The molecular weight excluding hydrogens is 464 g/mol. The number of anilines is 1. The van der Waals surface area contributed by atoms with Crippen molar-refractivity contribution in [2.24, 2.45) is 0 Å². The third-order valence-electron chi connectivity index (χ3n) is 5.80. The molecule has 3 aromatic rings. The molecule has 1 N–H and O–H groups in total. The zero-order valence-corrected chi connectivity index (χ0v) is 19.6. The van der Waals surface area contributed by atoms with Crippen LogP contribution in [0.1, 0.15) is 18.7 Å². The average molecular weight is 492 g/mol. The Morgan fingerprint density at radius 1 is 1.06 bits per heavy atom. The highest BCUT2D eigenvalue weighted by Gasteiger charge is 2.29. The van der Waals surface area contributed by atoms with E-state index in [1.807, 2.05) is 6.07 Å². The van der Waals surface area contributed by atoms with Crippen LogP contribution in [-0.4, -0.2) is 52.6 Å². The second-order valence-corrected chi connectivity index (χ2v) is 9.67. The van der Waals surface area contributed by atoms with Gasteiger partial charge in [-0.25, -0.2) is 21.9 Å². The number of hydrogen-bond donors (Lipinski definition) is 1. The number of benzene rings is 2. The van der Waals surface area contributed by atoms with Gasteiger partial charge in [-0.3, -0.25) is 4.90 Å². The molecule has 2 aromatic carbocycles. The third-order valence-corrected chi connectivity index (χ3v) is 7.22. The van der Waals surface area contributed by atoms with Crippen molar-refractivity contribution in [1.29, 1.82) is 0 Å². The molecule has 0 bridgehead atoms. The first-order valence-electron chi connectivity index (χ1n) is 11.1. The Balaban J connectivity index is 1.44. The summed E-state index contributed by atoms with van der Waals surface area (Å²) in [4.78, 5) is 4.12. The van der Waals surface area contributed by atoms with Crippen LogP contribution >= 0.6 is 0 Å². The van der Waals surface area contributed by atoms with Gasteiger partial charge in [-0.05, 0) is 61.5 Å². The zero-order chi connectivity index (χ0) is 24.1. The van der Waals surface area contributed by atoms with Gasteiger partial charge in [0.05, 0.1) is 23.8 Å². The van der Waals surface area contributed by atoms with Crippen molar-refractivity contribution in [2.45, 2.75) is 17.9 Å². The van der Waals surface area contributed by atoms with Crippen LogP contribution in [0.15, 0.2) is 70.2 Å². The summed E-state index contributed by atoms with van der Waals surface area (Å²) < 4.78 is 66.5. The van der Waals surface area contributed by atoms with E-state index in [1.54, 1.807) is 31.4 Å². The standard InChI is InChI=1S/C24H27F2N3O4S/c1-2-32-23-10-9-20(16-21(23)26)34(30,31)27-17-22(24-4-3-15-33-24)29-13-11-28(12-14-29)19-7-5-18(25)6-8-19/h3-10,15-16,22,27H,2,11-14,17H2,1H3. The van der Waals surface area contributed by atoms with Crippen molar-refractivity contribution in [3.05, 3.63) is 78.3 Å². The average Bonchev–Trinajstić information content (AvgIpc) is 3.36. The predicted molar refractivity (Wildman–Crippen MR) is 124 cm³/mol. The number of nitrogens with one attached hydrogen (secondary N) is 1. The predicted octanol–water partition coefficient (Wildman–Crippen LogP) is 3.80. The van der Waals surface area contributed by atoms with Gasteiger partial charge in [0.25, 0.3) is 0 Å². The molecule has 1 unspecified atom stereocenters. The molecule has 0 saturated carbocycles. The van der Waals surface area contributed by atoms with E-state index in [2.05, 4.69) is 14.5 Å². The molecule has 1 atom stereocenters. The van der Waals surface area contributed by atoms with Crippen molar-refractivity contribution in [3.8, 4) is 5.75 Å². The molecule has 1 aromatic heterocycles. The van der Waals surface area contributed by atoms with Gasteiger partial charge in [0.1, 0.15) is 11.6 Å². The lowest BCUT2D eigenvalue weighted by molar-refractivity contribution is 0.166. The fourth-order valence-corrected chi connectivity index (χ4v) is 5.08. The monoisotopic (exact) mass is 491 g/mol. The summed E-state index contributed by atoms with van der Waals surface area (Å²) in [6.07, 6.45) is 1.55. The first kappa shape index (κ1) is 24.2. The Morgan fingerprint density at radius 2 is 1.79 bits per heavy atom. The van der Waals surface area contributed by atoms with Crippen LogP contribution in [0.3, 0.4) is 0 Å². The fourth-order valence-electron chi connectivity index (χ4n) is 4.03. The summed E-state index contributed by atoms with van der Waals surface area (Å²) in [6.45, 7) is 4.76. The van der Waals surface area contributed by atoms with Gasteiger partial charge in [-0.15, -0.1) is 0 Å². The number of hydrogen-bond acceptors (Lipinski definition) is 6. The first-order valence-corrected chi connectivity index (χ1v) is 12.6. The van der Waals surface area contributed by atoms with Gasteiger partial charge in [0.2, 0.25) is 10.0 Å². The van der Waals surface area contributed by atoms with Crippen LogP contribution in [0.2, 0.25) is 0 Å². The van der Waals surface area contributed by atoms with Gasteiger partial charge < -0.3 is 14.1 Å². The van der Waals surface area contributed by atoms with E-state index in [0.717, 1.165) is 11.8 Å². The largest absolute Gasteiger partial charge is 0.491 e. The normalized spacial score (nSPS) is 15.9. The number of sulfonamides is 1. The lowest BCUT2D eigenvalue weighted by Crippen LogP contribution is -2.49. The van der Waals surface area contributed by atoms with E-state index in [4.69, 9.17) is 9.15 Å². The minimum atomic E-state index is -3.96. The maximum absolute atomic E-state index is 14.2. The van der Waals surface area contributed by atoms with E-state index in [-0.39, 0.29) is 35.7 Å². The Kier molecular flexibility index (Phi) is 7.50. The molecule has 2 heterocycles. The quantitative estimate of drug-likeness (QED) is 0.491. The number of ether oxygens (including phenoxy) is 1. The molecule has 0 amide bonds. The van der Waals surface area contributed by atoms with Crippen molar-refractivity contribution in [3.63, 3.8) is 0 Å². The summed E-state index contributed by atoms with van der Waals surface area (Å²) in [5.41, 5.74) is 0.939. The second-order valence-electron chi connectivity index (χ2n) is 7.91. The van der Waals surface area contributed by atoms with Crippen LogP contribution in [-0.2, 0) is 10.0 Å². The van der Waals surface area contributed by atoms with Crippen LogP contribution in [0.25, 0.3) is 0 Å². The smallest absolute Gasteiger partial charge is 0.240 e. The molecule has 182 valence electrons. The Hall–Kier alpha value is -2.95. The number of nitrogens with zero attached hydrogens (tertiary/aromatic N) is 2. The molecule has 0 spiro atoms. The Labute approximate surface area is 198 Å². The van der Waals surface area contributed by atoms with E-state index in [1.165, 1.54) is 24.3 Å². The molecule has 7 nitrogen and oxygen atoms in total. The van der Waals surface area contributed by atoms with E-state index < -0.39 is 15.8 Å². The molecule has 1 fully saturated rings. The van der Waals surface area contributed by atoms with E-state index in [9.17, 15) is 17.2 Å². The maximum atomic E-state index is 14.2. The van der Waals surface area contributed by atoms with Crippen molar-refractivity contribution < 1.29 is 26.4 Å². The molecule has 1 aliphatic rings. The molecule has 4 rings (SSSR count). The van der Waals surface area contributed by atoms with Crippen LogP contribution < -0.4 is 14.4 Å². The van der Waals surface area contributed by atoms with Crippen LogP contribution in [0.5, 0.6) is 5.75 Å². The Bertz CT molecular complexity index is 1180. The molecule has 1 saturated heterocycles. The molecule has 10 heteroatoms. The summed E-state index contributed by atoms with van der Waals surface area (Å²) in [6, 6.07) is 13.2. The van der Waals surface area contributed by atoms with Gasteiger partial charge >= 0.3 is 0 Å². The SMILES string of the molecule is CCOc1ccc(S(=O)(=O)NCC(c2ccco2)N2CCN(c3ccc(F)cc3)CC2)cc1F. The maximum Gasteiger partial charge on any atom is 0.240 e. The molecule has 0 aliphatic carbocycles. The number of furan rings is 1. The summed E-state index contributed by atoms with van der Waals surface area (Å²) in [7, 11) is -3.96. The minimum absolute atomic E-state index is 0.00828. The van der Waals surface area contributed by atoms with Crippen LogP contribution in [0.4, 0.5) is 14.5 Å². The lowest BCUT2D eigenvalue weighted by Gasteiger charge is -2.39. The highest BCUT2D eigenvalue weighted by Crippen LogP contribution is 2.26. The first-order chi connectivity index (χ1) is 16.4. The second kappa shape index (κ2) is 10.5. The highest BCUT2D eigenvalue weighted by atomic mass is 32.2. The number of rotatable bonds is 9. The third kappa shape index (κ3) is 5.57. The van der Waals surface area contributed by atoms with Crippen molar-refractivity contribution in [1.82, 2.24) is 9.62 Å². The summed E-state index contributed by atoms with van der Waals surface area (Å²) >= 11 is 0. The lowest BCUT2D eigenvalue weighted by atomic mass is 10.1. The minimum Gasteiger partial charge on any atom is -0.491 e. The van der Waals surface area contributed by atoms with Gasteiger partial charge in [0, 0.05) is 38.4 Å². The molecule has 0 radical (unpaired) electrons. The topological polar surface area (TPSA) is 75.0 Å². The van der Waals surface area contributed by atoms with Gasteiger partial charge in [0.15, 0.2) is 11.6 Å². The number of halogens is 2. The van der Waals surface area contributed by atoms with Crippen molar-refractivity contribution >= 4 is 15.7 Å².